The maximum atomic E-state index is 12.7. The molecule has 1 aliphatic rings. The third-order valence-electron chi connectivity index (χ3n) is 5.42. The highest BCUT2D eigenvalue weighted by Gasteiger charge is 2.45. The lowest BCUT2D eigenvalue weighted by molar-refractivity contribution is -0.174. The fourth-order valence-electron chi connectivity index (χ4n) is 3.64. The van der Waals surface area contributed by atoms with Crippen LogP contribution in [0.3, 0.4) is 0 Å². The van der Waals surface area contributed by atoms with Crippen LogP contribution in [0.4, 0.5) is 0 Å². The quantitative estimate of drug-likeness (QED) is 0.777. The highest BCUT2D eigenvalue weighted by molar-refractivity contribution is 6.05. The van der Waals surface area contributed by atoms with Crippen LogP contribution < -0.4 is 0 Å². The predicted molar refractivity (Wildman–Crippen MR) is 106 cm³/mol. The summed E-state index contributed by atoms with van der Waals surface area (Å²) in [5, 5.41) is 9.39. The number of rotatable bonds is 6. The van der Waals surface area contributed by atoms with E-state index in [1.165, 1.54) is 25.2 Å². The van der Waals surface area contributed by atoms with Crippen molar-refractivity contribution in [2.75, 3.05) is 33.3 Å². The van der Waals surface area contributed by atoms with Crippen LogP contribution in [0.15, 0.2) is 60.7 Å². The summed E-state index contributed by atoms with van der Waals surface area (Å²) in [5.74, 6) is -1.77. The van der Waals surface area contributed by atoms with Gasteiger partial charge < -0.3 is 14.7 Å². The van der Waals surface area contributed by atoms with Gasteiger partial charge in [0.25, 0.3) is 5.91 Å². The van der Waals surface area contributed by atoms with Crippen molar-refractivity contribution < 1.29 is 19.4 Å². The Morgan fingerprint density at radius 1 is 0.929 bits per heavy atom. The lowest BCUT2D eigenvalue weighted by Crippen LogP contribution is -2.58. The highest BCUT2D eigenvalue weighted by Crippen LogP contribution is 2.30. The summed E-state index contributed by atoms with van der Waals surface area (Å²) in [5.41, 5.74) is 0.543. The van der Waals surface area contributed by atoms with Gasteiger partial charge in [-0.25, -0.2) is 4.79 Å². The second-order valence-electron chi connectivity index (χ2n) is 7.09. The summed E-state index contributed by atoms with van der Waals surface area (Å²) in [6.45, 7) is 3.53. The monoisotopic (exact) mass is 382 g/mol. The molecule has 1 fully saturated rings. The molecule has 1 amide bonds. The molecule has 148 valence electrons. The lowest BCUT2D eigenvalue weighted by Gasteiger charge is -2.41. The topological polar surface area (TPSA) is 70.1 Å². The van der Waals surface area contributed by atoms with E-state index in [1.807, 2.05) is 36.4 Å². The minimum atomic E-state index is -1.85. The normalized spacial score (nSPS) is 17.3. The first-order valence-corrected chi connectivity index (χ1v) is 9.39. The maximum absolute atomic E-state index is 12.7. The number of amides is 1. The Balaban J connectivity index is 1.78. The molecule has 0 spiro atoms. The van der Waals surface area contributed by atoms with E-state index in [4.69, 9.17) is 4.74 Å². The van der Waals surface area contributed by atoms with Gasteiger partial charge in [-0.1, -0.05) is 60.7 Å². The number of nitrogens with zero attached hydrogens (tertiary/aromatic N) is 2. The summed E-state index contributed by atoms with van der Waals surface area (Å²) in [6.07, 6.45) is 0. The molecule has 28 heavy (non-hydrogen) atoms. The number of hydrogen-bond acceptors (Lipinski definition) is 4. The van der Waals surface area contributed by atoms with Crippen LogP contribution in [0.25, 0.3) is 0 Å². The number of carbonyl (C=O) groups is 2. The predicted octanol–water partition coefficient (Wildman–Crippen LogP) is 2.41. The van der Waals surface area contributed by atoms with Crippen LogP contribution in [0.1, 0.15) is 24.1 Å². The van der Waals surface area contributed by atoms with Crippen molar-refractivity contribution in [1.82, 2.24) is 9.80 Å². The molecule has 0 bridgehead atoms. The van der Waals surface area contributed by atoms with Crippen molar-refractivity contribution in [3.63, 3.8) is 0 Å². The van der Waals surface area contributed by atoms with Crippen LogP contribution >= 0.6 is 0 Å². The van der Waals surface area contributed by atoms with Gasteiger partial charge in [-0.2, -0.15) is 0 Å². The molecule has 0 aromatic heterocycles. The molecule has 2 aromatic carbocycles. The number of hydrogen-bond donors (Lipinski definition) is 1. The highest BCUT2D eigenvalue weighted by atomic mass is 16.5. The summed E-state index contributed by atoms with van der Waals surface area (Å²) < 4.78 is 5.02. The smallest absolute Gasteiger partial charge is 0.345 e. The third-order valence-corrected chi connectivity index (χ3v) is 5.42. The van der Waals surface area contributed by atoms with Crippen LogP contribution in [-0.4, -0.2) is 65.7 Å². The Bertz CT molecular complexity index is 764. The standard InChI is InChI=1S/C22H26N2O4/c1-22(28-2,21(26)27)20(25)24-15-13-23(14-16-24)19(17-9-5-3-6-10-17)18-11-7-4-8-12-18/h3-12,19H,13-16H2,1-2H3,(H,26,27). The van der Waals surface area contributed by atoms with E-state index in [2.05, 4.69) is 29.2 Å². The molecule has 1 saturated heterocycles. The molecule has 6 heteroatoms. The number of carboxylic acids is 1. The van der Waals surface area contributed by atoms with Crippen molar-refractivity contribution in [2.24, 2.45) is 0 Å². The number of aliphatic carboxylic acids is 1. The van der Waals surface area contributed by atoms with Crippen molar-refractivity contribution >= 4 is 11.9 Å². The minimum absolute atomic E-state index is 0.0907. The molecule has 1 heterocycles. The van der Waals surface area contributed by atoms with Crippen LogP contribution in [0.2, 0.25) is 0 Å². The Kier molecular flexibility index (Phi) is 6.11. The van der Waals surface area contributed by atoms with Gasteiger partial charge in [0.1, 0.15) is 0 Å². The van der Waals surface area contributed by atoms with Gasteiger partial charge in [0, 0.05) is 33.3 Å². The van der Waals surface area contributed by atoms with Crippen LogP contribution in [-0.2, 0) is 14.3 Å². The molecule has 0 saturated carbocycles. The van der Waals surface area contributed by atoms with E-state index in [0.29, 0.717) is 26.2 Å². The minimum Gasteiger partial charge on any atom is -0.479 e. The zero-order valence-corrected chi connectivity index (χ0v) is 16.2. The molecular formula is C22H26N2O4. The van der Waals surface area contributed by atoms with Crippen molar-refractivity contribution in [3.05, 3.63) is 71.8 Å². The lowest BCUT2D eigenvalue weighted by atomic mass is 9.96. The maximum Gasteiger partial charge on any atom is 0.345 e. The van der Waals surface area contributed by atoms with Crippen molar-refractivity contribution in [2.45, 2.75) is 18.6 Å². The summed E-state index contributed by atoms with van der Waals surface area (Å²) in [4.78, 5) is 28.1. The van der Waals surface area contributed by atoms with E-state index in [-0.39, 0.29) is 6.04 Å². The average molecular weight is 382 g/mol. The zero-order valence-electron chi connectivity index (χ0n) is 16.2. The molecule has 0 aliphatic carbocycles. The van der Waals surface area contributed by atoms with Gasteiger partial charge in [0.2, 0.25) is 5.60 Å². The number of carbonyl (C=O) groups excluding carboxylic acids is 1. The number of carboxylic acid groups (broad SMARTS) is 1. The molecule has 2 aromatic rings. The fraction of sp³-hybridized carbons (Fsp3) is 0.364. The first-order chi connectivity index (χ1) is 13.5. The average Bonchev–Trinajstić information content (AvgIpc) is 2.75. The third kappa shape index (κ3) is 3.93. The van der Waals surface area contributed by atoms with Gasteiger partial charge in [-0.3, -0.25) is 9.69 Å². The number of methoxy groups -OCH3 is 1. The number of piperazine rings is 1. The second kappa shape index (κ2) is 8.54. The summed E-state index contributed by atoms with van der Waals surface area (Å²) >= 11 is 0. The van der Waals surface area contributed by atoms with Gasteiger partial charge in [0.05, 0.1) is 6.04 Å². The Hall–Kier alpha value is -2.70. The van der Waals surface area contributed by atoms with Crippen molar-refractivity contribution in [1.29, 1.82) is 0 Å². The molecule has 1 N–H and O–H groups in total. The van der Waals surface area contributed by atoms with Gasteiger partial charge >= 0.3 is 5.97 Å². The van der Waals surface area contributed by atoms with E-state index in [0.717, 1.165) is 0 Å². The molecule has 1 atom stereocenters. The van der Waals surface area contributed by atoms with E-state index >= 15 is 0 Å². The first kappa shape index (κ1) is 20.0. The first-order valence-electron chi connectivity index (χ1n) is 9.39. The molecule has 0 radical (unpaired) electrons. The Morgan fingerprint density at radius 3 is 1.79 bits per heavy atom. The zero-order chi connectivity index (χ0) is 20.1. The summed E-state index contributed by atoms with van der Waals surface area (Å²) in [6, 6.07) is 20.7. The van der Waals surface area contributed by atoms with E-state index in [1.54, 1.807) is 4.90 Å². The number of benzene rings is 2. The second-order valence-corrected chi connectivity index (χ2v) is 7.09. The van der Waals surface area contributed by atoms with E-state index < -0.39 is 17.5 Å². The Labute approximate surface area is 165 Å². The molecule has 1 aliphatic heterocycles. The van der Waals surface area contributed by atoms with Crippen molar-refractivity contribution in [3.8, 4) is 0 Å². The molecule has 6 nitrogen and oxygen atoms in total. The molecule has 3 rings (SSSR count). The van der Waals surface area contributed by atoms with Crippen LogP contribution in [0.5, 0.6) is 0 Å². The van der Waals surface area contributed by atoms with Gasteiger partial charge in [-0.05, 0) is 18.1 Å². The largest absolute Gasteiger partial charge is 0.479 e. The summed E-state index contributed by atoms with van der Waals surface area (Å²) in [7, 11) is 1.25. The van der Waals surface area contributed by atoms with Crippen LogP contribution in [0, 0.1) is 0 Å². The van der Waals surface area contributed by atoms with E-state index in [9.17, 15) is 14.7 Å². The molecule has 1 unspecified atom stereocenters. The molecular weight excluding hydrogens is 356 g/mol. The van der Waals surface area contributed by atoms with Gasteiger partial charge in [-0.15, -0.1) is 0 Å². The SMILES string of the molecule is COC(C)(C(=O)O)C(=O)N1CCN(C(c2ccccc2)c2ccccc2)CC1. The Morgan fingerprint density at radius 2 is 1.39 bits per heavy atom. The fourth-order valence-corrected chi connectivity index (χ4v) is 3.64. The van der Waals surface area contributed by atoms with Gasteiger partial charge in [0.15, 0.2) is 0 Å². The number of ether oxygens (including phenoxy) is 1.